The van der Waals surface area contributed by atoms with E-state index in [1.165, 1.54) is 0 Å². The highest BCUT2D eigenvalue weighted by Gasteiger charge is 2.12. The third kappa shape index (κ3) is 3.62. The van der Waals surface area contributed by atoms with Crippen LogP contribution in [0.3, 0.4) is 0 Å². The van der Waals surface area contributed by atoms with Crippen molar-refractivity contribution < 1.29 is 4.79 Å². The fraction of sp³-hybridized carbons (Fsp3) is 0.333. The minimum absolute atomic E-state index is 0.308. The molecule has 16 heavy (non-hydrogen) atoms. The molecule has 0 aromatic heterocycles. The molecule has 0 fully saturated rings. The summed E-state index contributed by atoms with van der Waals surface area (Å²) in [6, 6.07) is 10.3. The van der Waals surface area contributed by atoms with Gasteiger partial charge in [-0.2, -0.15) is 5.26 Å². The molecule has 0 saturated heterocycles. The normalized spacial score (nSPS) is 11.2. The molecule has 1 aromatic carbocycles. The van der Waals surface area contributed by atoms with E-state index in [0.717, 1.165) is 12.0 Å². The van der Waals surface area contributed by atoms with Gasteiger partial charge in [0.1, 0.15) is 6.04 Å². The Morgan fingerprint density at radius 1 is 1.44 bits per heavy atom. The molecule has 0 aliphatic rings. The number of benzene rings is 1. The van der Waals surface area contributed by atoms with Gasteiger partial charge in [-0.3, -0.25) is 0 Å². The quantitative estimate of drug-likeness (QED) is 0.809. The Kier molecular flexibility index (Phi) is 4.87. The second-order valence-corrected chi connectivity index (χ2v) is 3.37. The van der Waals surface area contributed by atoms with E-state index in [9.17, 15) is 4.79 Å². The van der Waals surface area contributed by atoms with Crippen LogP contribution in [0.1, 0.15) is 24.9 Å². The Bertz CT molecular complexity index is 370. The summed E-state index contributed by atoms with van der Waals surface area (Å²) in [6.45, 7) is 2.58. The van der Waals surface area contributed by atoms with Gasteiger partial charge in [0.25, 0.3) is 0 Å². The summed E-state index contributed by atoms with van der Waals surface area (Å²) in [6.07, 6.45) is 0.871. The predicted octanol–water partition coefficient (Wildman–Crippen LogP) is 1.96. The molecular weight excluding hydrogens is 202 g/mol. The summed E-state index contributed by atoms with van der Waals surface area (Å²) < 4.78 is 0. The van der Waals surface area contributed by atoms with Crippen LogP contribution in [0, 0.1) is 11.3 Å². The fourth-order valence-corrected chi connectivity index (χ4v) is 1.26. The standard InChI is InChI=1S/C12H15N3O/c1-2-8-14-12(16)15-11(9-13)10-6-4-3-5-7-10/h3-7,11H,2,8H2,1H3,(H2,14,15,16). The number of nitrogens with one attached hydrogen (secondary N) is 2. The average Bonchev–Trinajstić information content (AvgIpc) is 2.34. The van der Waals surface area contributed by atoms with E-state index in [2.05, 4.69) is 16.7 Å². The van der Waals surface area contributed by atoms with Crippen LogP contribution in [0.2, 0.25) is 0 Å². The third-order valence-corrected chi connectivity index (χ3v) is 2.07. The Morgan fingerprint density at radius 2 is 2.12 bits per heavy atom. The molecule has 0 radical (unpaired) electrons. The summed E-state index contributed by atoms with van der Waals surface area (Å²) >= 11 is 0. The molecule has 2 amide bonds. The van der Waals surface area contributed by atoms with E-state index in [-0.39, 0.29) is 6.03 Å². The number of amides is 2. The summed E-state index contributed by atoms with van der Waals surface area (Å²) in [5, 5.41) is 14.2. The highest BCUT2D eigenvalue weighted by atomic mass is 16.2. The van der Waals surface area contributed by atoms with Crippen molar-refractivity contribution in [2.24, 2.45) is 0 Å². The number of hydrogen-bond donors (Lipinski definition) is 2. The van der Waals surface area contributed by atoms with Gasteiger partial charge in [0.15, 0.2) is 0 Å². The summed E-state index contributed by atoms with van der Waals surface area (Å²) in [4.78, 5) is 11.4. The first-order valence-electron chi connectivity index (χ1n) is 5.27. The Balaban J connectivity index is 2.57. The van der Waals surface area contributed by atoms with Gasteiger partial charge in [-0.15, -0.1) is 0 Å². The number of nitriles is 1. The molecule has 0 saturated carbocycles. The van der Waals surface area contributed by atoms with Crippen molar-refractivity contribution in [3.63, 3.8) is 0 Å². The molecule has 0 aliphatic heterocycles. The Labute approximate surface area is 95.3 Å². The van der Waals surface area contributed by atoms with E-state index >= 15 is 0 Å². The SMILES string of the molecule is CCCNC(=O)NC(C#N)c1ccccc1. The van der Waals surface area contributed by atoms with Gasteiger partial charge in [0.05, 0.1) is 6.07 Å². The van der Waals surface area contributed by atoms with Crippen LogP contribution in [0.25, 0.3) is 0 Å². The molecule has 1 atom stereocenters. The zero-order valence-corrected chi connectivity index (χ0v) is 9.23. The number of hydrogen-bond acceptors (Lipinski definition) is 2. The molecule has 0 bridgehead atoms. The maximum Gasteiger partial charge on any atom is 0.316 e. The minimum atomic E-state index is -0.599. The van der Waals surface area contributed by atoms with E-state index in [0.29, 0.717) is 6.54 Å². The van der Waals surface area contributed by atoms with E-state index in [1.807, 2.05) is 37.3 Å². The van der Waals surface area contributed by atoms with Crippen molar-refractivity contribution in [1.82, 2.24) is 10.6 Å². The lowest BCUT2D eigenvalue weighted by Gasteiger charge is -2.12. The molecule has 1 unspecified atom stereocenters. The van der Waals surface area contributed by atoms with Crippen molar-refractivity contribution in [3.05, 3.63) is 35.9 Å². The second-order valence-electron chi connectivity index (χ2n) is 3.37. The smallest absolute Gasteiger partial charge is 0.316 e. The zero-order valence-electron chi connectivity index (χ0n) is 9.23. The molecule has 1 aromatic rings. The molecule has 0 spiro atoms. The molecule has 0 aliphatic carbocycles. The lowest BCUT2D eigenvalue weighted by atomic mass is 10.1. The number of nitrogens with zero attached hydrogens (tertiary/aromatic N) is 1. The van der Waals surface area contributed by atoms with Gasteiger partial charge >= 0.3 is 6.03 Å². The van der Waals surface area contributed by atoms with Crippen molar-refractivity contribution in [2.75, 3.05) is 6.54 Å². The first-order valence-corrected chi connectivity index (χ1v) is 5.27. The van der Waals surface area contributed by atoms with Crippen molar-refractivity contribution >= 4 is 6.03 Å². The topological polar surface area (TPSA) is 64.9 Å². The summed E-state index contributed by atoms with van der Waals surface area (Å²) in [5.41, 5.74) is 0.789. The third-order valence-electron chi connectivity index (χ3n) is 2.07. The monoisotopic (exact) mass is 217 g/mol. The molecule has 4 nitrogen and oxygen atoms in total. The number of carbonyl (C=O) groups excluding carboxylic acids is 1. The largest absolute Gasteiger partial charge is 0.338 e. The van der Waals surface area contributed by atoms with Crippen LogP contribution in [0.5, 0.6) is 0 Å². The first-order chi connectivity index (χ1) is 7.77. The maximum absolute atomic E-state index is 11.4. The lowest BCUT2D eigenvalue weighted by molar-refractivity contribution is 0.239. The van der Waals surface area contributed by atoms with Crippen LogP contribution in [0.4, 0.5) is 4.79 Å². The first kappa shape index (κ1) is 12.1. The molecule has 1 rings (SSSR count). The van der Waals surface area contributed by atoms with Crippen LogP contribution >= 0.6 is 0 Å². The fourth-order valence-electron chi connectivity index (χ4n) is 1.26. The molecule has 4 heteroatoms. The predicted molar refractivity (Wildman–Crippen MR) is 61.6 cm³/mol. The highest BCUT2D eigenvalue weighted by Crippen LogP contribution is 2.10. The second kappa shape index (κ2) is 6.46. The number of rotatable bonds is 4. The number of urea groups is 1. The van der Waals surface area contributed by atoms with Crippen molar-refractivity contribution in [3.8, 4) is 6.07 Å². The average molecular weight is 217 g/mol. The van der Waals surface area contributed by atoms with Gasteiger partial charge in [-0.1, -0.05) is 37.3 Å². The van der Waals surface area contributed by atoms with Crippen molar-refractivity contribution in [1.29, 1.82) is 5.26 Å². The lowest BCUT2D eigenvalue weighted by Crippen LogP contribution is -2.37. The van der Waals surface area contributed by atoms with Gasteiger partial charge in [-0.05, 0) is 12.0 Å². The van der Waals surface area contributed by atoms with Gasteiger partial charge in [-0.25, -0.2) is 4.79 Å². The minimum Gasteiger partial charge on any atom is -0.338 e. The van der Waals surface area contributed by atoms with Crippen LogP contribution in [-0.2, 0) is 0 Å². The highest BCUT2D eigenvalue weighted by molar-refractivity contribution is 5.74. The maximum atomic E-state index is 11.4. The van der Waals surface area contributed by atoms with Crippen molar-refractivity contribution in [2.45, 2.75) is 19.4 Å². The van der Waals surface area contributed by atoms with Crippen LogP contribution < -0.4 is 10.6 Å². The Hall–Kier alpha value is -2.02. The molecule has 84 valence electrons. The molecule has 2 N–H and O–H groups in total. The van der Waals surface area contributed by atoms with E-state index in [1.54, 1.807) is 0 Å². The van der Waals surface area contributed by atoms with Gasteiger partial charge in [0.2, 0.25) is 0 Å². The van der Waals surface area contributed by atoms with Crippen LogP contribution in [0.15, 0.2) is 30.3 Å². The zero-order chi connectivity index (χ0) is 11.8. The van der Waals surface area contributed by atoms with Gasteiger partial charge in [0, 0.05) is 6.54 Å². The number of carbonyl (C=O) groups is 1. The van der Waals surface area contributed by atoms with E-state index in [4.69, 9.17) is 5.26 Å². The van der Waals surface area contributed by atoms with E-state index < -0.39 is 6.04 Å². The molecular formula is C12H15N3O. The van der Waals surface area contributed by atoms with Gasteiger partial charge < -0.3 is 10.6 Å². The van der Waals surface area contributed by atoms with Crippen LogP contribution in [-0.4, -0.2) is 12.6 Å². The summed E-state index contributed by atoms with van der Waals surface area (Å²) in [5.74, 6) is 0. The molecule has 0 heterocycles. The summed E-state index contributed by atoms with van der Waals surface area (Å²) in [7, 11) is 0. The Morgan fingerprint density at radius 3 is 2.69 bits per heavy atom.